The molecule has 0 saturated heterocycles. The number of unbranched alkanes of at least 4 members (excludes halogenated alkanes) is 10. The van der Waals surface area contributed by atoms with E-state index in [0.717, 1.165) is 48.9 Å². The summed E-state index contributed by atoms with van der Waals surface area (Å²) in [4.78, 5) is 0. The molecule has 0 radical (unpaired) electrons. The third-order valence-corrected chi connectivity index (χ3v) is 14.3. The Hall–Kier alpha value is -1.97. The van der Waals surface area contributed by atoms with Gasteiger partial charge >= 0.3 is 0 Å². The van der Waals surface area contributed by atoms with Crippen LogP contribution in [0.25, 0.3) is 0 Å². The number of hydrogen-bond donors (Lipinski definition) is 2. The summed E-state index contributed by atoms with van der Waals surface area (Å²) in [7, 11) is -3.14. The fraction of sp³-hybridized carbons (Fsp3) is 0.625. The van der Waals surface area contributed by atoms with Crippen molar-refractivity contribution >= 4 is 28.0 Å². The molecule has 2 aromatic carbocycles. The van der Waals surface area contributed by atoms with Gasteiger partial charge in [0.2, 0.25) is 0 Å². The van der Waals surface area contributed by atoms with Gasteiger partial charge < -0.3 is 25.1 Å². The lowest BCUT2D eigenvalue weighted by Crippen LogP contribution is -2.44. The van der Waals surface area contributed by atoms with Gasteiger partial charge in [0.1, 0.15) is 11.5 Å². The Bertz CT molecular complexity index is 822. The van der Waals surface area contributed by atoms with Crippen molar-refractivity contribution in [2.24, 2.45) is 0 Å². The van der Waals surface area contributed by atoms with Crippen molar-refractivity contribution in [2.75, 3.05) is 24.7 Å². The molecule has 0 amide bonds. The first kappa shape index (κ1) is 33.2. The summed E-state index contributed by atoms with van der Waals surface area (Å²) >= 11 is 0. The van der Waals surface area contributed by atoms with Gasteiger partial charge in [0.15, 0.2) is 16.6 Å². The Morgan fingerprint density at radius 1 is 0.487 bits per heavy atom. The van der Waals surface area contributed by atoms with E-state index in [0.29, 0.717) is 0 Å². The smallest absolute Gasteiger partial charge is 0.176 e. The summed E-state index contributed by atoms with van der Waals surface area (Å²) in [6.07, 6.45) is 15.2. The van der Waals surface area contributed by atoms with Crippen LogP contribution in [-0.4, -0.2) is 29.8 Å². The number of nitrogen functional groups attached to an aromatic ring is 2. The van der Waals surface area contributed by atoms with E-state index < -0.39 is 16.6 Å². The van der Waals surface area contributed by atoms with Crippen LogP contribution in [0.4, 0.5) is 11.4 Å². The van der Waals surface area contributed by atoms with Crippen LogP contribution >= 0.6 is 0 Å². The molecule has 0 fully saturated rings. The molecule has 4 N–H and O–H groups in total. The van der Waals surface area contributed by atoms with E-state index in [1.807, 2.05) is 48.5 Å². The van der Waals surface area contributed by atoms with Gasteiger partial charge in [0.25, 0.3) is 0 Å². The first-order chi connectivity index (χ1) is 18.7. The zero-order chi connectivity index (χ0) is 28.4. The first-order valence-electron chi connectivity index (χ1n) is 15.3. The molecule has 0 saturated carbocycles. The summed E-state index contributed by atoms with van der Waals surface area (Å²) in [5.41, 5.74) is 13.0. The maximum Gasteiger partial charge on any atom is 0.176 e. The monoisotopic (exact) mass is 572 g/mol. The molecule has 0 spiro atoms. The predicted octanol–water partition coefficient (Wildman–Crippen LogP) is 9.42. The lowest BCUT2D eigenvalue weighted by atomic mass is 10.1. The van der Waals surface area contributed by atoms with Crippen molar-refractivity contribution in [1.29, 1.82) is 0 Å². The zero-order valence-electron chi connectivity index (χ0n) is 25.3. The Morgan fingerprint density at radius 3 is 1.18 bits per heavy atom. The lowest BCUT2D eigenvalue weighted by Gasteiger charge is -2.35. The average molecular weight is 573 g/mol. The molecule has 0 aliphatic heterocycles. The minimum Gasteiger partial charge on any atom is -0.494 e. The van der Waals surface area contributed by atoms with Gasteiger partial charge in [-0.15, -0.1) is 0 Å². The van der Waals surface area contributed by atoms with Crippen molar-refractivity contribution in [3.63, 3.8) is 0 Å². The molecule has 0 aromatic heterocycles. The van der Waals surface area contributed by atoms with Crippen LogP contribution < -0.4 is 20.9 Å². The largest absolute Gasteiger partial charge is 0.494 e. The number of rotatable bonds is 22. The highest BCUT2D eigenvalue weighted by molar-refractivity contribution is 6.84. The van der Waals surface area contributed by atoms with Gasteiger partial charge in [-0.2, -0.15) is 0 Å². The van der Waals surface area contributed by atoms with Gasteiger partial charge in [-0.3, -0.25) is 0 Å². The quantitative estimate of drug-likeness (QED) is 0.0834. The molecule has 2 aromatic rings. The van der Waals surface area contributed by atoms with E-state index in [1.54, 1.807) is 0 Å². The van der Waals surface area contributed by atoms with Crippen molar-refractivity contribution < 1.29 is 13.6 Å². The van der Waals surface area contributed by atoms with Crippen LogP contribution in [0, 0.1) is 0 Å². The molecule has 5 nitrogen and oxygen atoms in total. The molecule has 0 unspecified atom stereocenters. The highest BCUT2D eigenvalue weighted by Crippen LogP contribution is 2.28. The molecule has 0 aliphatic carbocycles. The number of hydrogen-bond acceptors (Lipinski definition) is 5. The topological polar surface area (TPSA) is 79.7 Å². The Morgan fingerprint density at radius 2 is 0.821 bits per heavy atom. The van der Waals surface area contributed by atoms with Crippen LogP contribution in [0.5, 0.6) is 11.5 Å². The maximum absolute atomic E-state index is 6.87. The summed E-state index contributed by atoms with van der Waals surface area (Å²) in [6.45, 7) is 11.2. The van der Waals surface area contributed by atoms with Crippen molar-refractivity contribution in [3.8, 4) is 11.5 Å². The van der Waals surface area contributed by atoms with Crippen LogP contribution in [0.3, 0.4) is 0 Å². The van der Waals surface area contributed by atoms with Crippen LogP contribution in [-0.2, 0) is 4.12 Å². The predicted molar refractivity (Wildman–Crippen MR) is 174 cm³/mol. The fourth-order valence-electron chi connectivity index (χ4n) is 5.09. The van der Waals surface area contributed by atoms with Crippen molar-refractivity contribution in [3.05, 3.63) is 48.5 Å². The molecular weight excluding hydrogens is 517 g/mol. The minimum absolute atomic E-state index is 0.778. The second-order valence-corrected chi connectivity index (χ2v) is 21.2. The van der Waals surface area contributed by atoms with E-state index >= 15 is 0 Å². The SMILES string of the molecule is C[Si](C)(C)O[Si](C)(CCCCCCCCOc1ccc(N)cc1)CCCCCCCCOc1ccc(N)cc1. The van der Waals surface area contributed by atoms with Gasteiger partial charge in [-0.25, -0.2) is 0 Å². The Balaban J connectivity index is 1.50. The molecule has 0 atom stereocenters. The maximum atomic E-state index is 6.87. The third kappa shape index (κ3) is 16.7. The van der Waals surface area contributed by atoms with Crippen molar-refractivity contribution in [2.45, 2.75) is 115 Å². The van der Waals surface area contributed by atoms with Crippen molar-refractivity contribution in [1.82, 2.24) is 0 Å². The summed E-state index contributed by atoms with van der Waals surface area (Å²) < 4.78 is 18.5. The highest BCUT2D eigenvalue weighted by atomic mass is 28.4. The molecule has 7 heteroatoms. The fourth-order valence-corrected chi connectivity index (χ4v) is 14.1. The minimum atomic E-state index is -1.63. The van der Waals surface area contributed by atoms with Crippen LogP contribution in [0.2, 0.25) is 38.3 Å². The normalized spacial score (nSPS) is 12.0. The molecule has 0 bridgehead atoms. The number of benzene rings is 2. The summed E-state index contributed by atoms with van der Waals surface area (Å²) in [5.74, 6) is 1.83. The first-order valence-corrected chi connectivity index (χ1v) is 21.6. The molecule has 2 rings (SSSR count). The Kier molecular flexibility index (Phi) is 15.7. The molecule has 39 heavy (non-hydrogen) atoms. The number of anilines is 2. The van der Waals surface area contributed by atoms with Crippen LogP contribution in [0.15, 0.2) is 48.5 Å². The molecule has 0 heterocycles. The zero-order valence-corrected chi connectivity index (χ0v) is 27.3. The molecule has 220 valence electrons. The van der Waals surface area contributed by atoms with E-state index in [2.05, 4.69) is 26.2 Å². The van der Waals surface area contributed by atoms with Gasteiger partial charge in [-0.1, -0.05) is 64.2 Å². The van der Waals surface area contributed by atoms with Gasteiger partial charge in [-0.05, 0) is 99.6 Å². The second-order valence-electron chi connectivity index (χ2n) is 12.2. The summed E-state index contributed by atoms with van der Waals surface area (Å²) in [6, 6.07) is 18.0. The number of ether oxygens (including phenoxy) is 2. The lowest BCUT2D eigenvalue weighted by molar-refractivity contribution is 0.304. The van der Waals surface area contributed by atoms with E-state index in [1.165, 1.54) is 76.3 Å². The number of nitrogens with two attached hydrogens (primary N) is 2. The average Bonchev–Trinajstić information content (AvgIpc) is 2.88. The highest BCUT2D eigenvalue weighted by Gasteiger charge is 2.33. The van der Waals surface area contributed by atoms with Crippen LogP contribution in [0.1, 0.15) is 77.0 Å². The molecular formula is C32H56N2O3Si2. The summed E-state index contributed by atoms with van der Waals surface area (Å²) in [5, 5.41) is 0. The molecule has 0 aliphatic rings. The van der Waals surface area contributed by atoms with E-state index in [9.17, 15) is 0 Å². The van der Waals surface area contributed by atoms with Gasteiger partial charge in [0.05, 0.1) is 13.2 Å². The van der Waals surface area contributed by atoms with Gasteiger partial charge in [0, 0.05) is 11.4 Å². The second kappa shape index (κ2) is 18.4. The van der Waals surface area contributed by atoms with E-state index in [4.69, 9.17) is 25.1 Å². The third-order valence-electron chi connectivity index (χ3n) is 7.05. The van der Waals surface area contributed by atoms with E-state index in [-0.39, 0.29) is 0 Å². The standard InChI is InChI=1S/C32H56N2O3Si2/c1-38(2,3)37-39(4,27-15-11-7-5-9-13-25-35-31-21-17-29(33)18-22-31)28-16-12-8-6-10-14-26-36-32-23-19-30(34)20-24-32/h17-24H,5-16,25-28,33-34H2,1-4H3. The Labute approximate surface area is 241 Å².